The fraction of sp³-hybridized carbons (Fsp3) is 0.486. The highest BCUT2D eigenvalue weighted by Gasteiger charge is 2.66. The second kappa shape index (κ2) is 30.6. The molecule has 33 heteroatoms. The van der Waals surface area contributed by atoms with Crippen LogP contribution < -0.4 is 26.2 Å². The van der Waals surface area contributed by atoms with Gasteiger partial charge in [0, 0.05) is 72.9 Å². The third-order valence-electron chi connectivity index (χ3n) is 21.3. The molecule has 13 rings (SSSR count). The normalized spacial score (nSPS) is 25.0. The van der Waals surface area contributed by atoms with Crippen LogP contribution in [0.1, 0.15) is 128 Å². The number of fused-ring (bicyclic) bond motifs is 2. The van der Waals surface area contributed by atoms with Crippen LogP contribution >= 0.6 is 11.3 Å². The second-order valence-corrected chi connectivity index (χ2v) is 32.9. The number of para-hydroxylation sites is 1. The molecule has 6 aromatic rings. The summed E-state index contributed by atoms with van der Waals surface area (Å²) < 4.78 is 55.8. The lowest BCUT2D eigenvalue weighted by atomic mass is 9.39. The molecule has 31 nitrogen and oxygen atoms in total. The topological polar surface area (TPSA) is 438 Å². The van der Waals surface area contributed by atoms with Gasteiger partial charge in [0.25, 0.3) is 27.8 Å². The molecule has 3 aliphatic heterocycles. The number of anilines is 3. The second-order valence-electron chi connectivity index (χ2n) is 30.3. The van der Waals surface area contributed by atoms with Gasteiger partial charge in [0.05, 0.1) is 40.5 Å². The van der Waals surface area contributed by atoms with E-state index >= 15 is 0 Å². The minimum absolute atomic E-state index is 0.0753. The number of pyridine rings is 1. The first kappa shape index (κ1) is 77.0. The number of aliphatic hydroxyl groups is 3. The number of imide groups is 1. The number of benzene rings is 3. The number of carbonyl (C=O) groups is 9. The smallest absolute Gasteiger partial charge is 0.410 e. The van der Waals surface area contributed by atoms with E-state index in [0.717, 1.165) is 63.4 Å². The number of aromatic carboxylic acids is 1. The average molecular weight is 1510 g/mol. The predicted octanol–water partition coefficient (Wildman–Crippen LogP) is 5.42. The number of ether oxygens (including phenoxy) is 3. The minimum Gasteiger partial charge on any atom is -0.479 e. The van der Waals surface area contributed by atoms with E-state index in [1.807, 2.05) is 52.9 Å². The molecular weight excluding hydrogens is 1430 g/mol. The lowest BCUT2D eigenvalue weighted by Crippen LogP contribution is -2.64. The summed E-state index contributed by atoms with van der Waals surface area (Å²) >= 11 is 1.38. The van der Waals surface area contributed by atoms with E-state index in [-0.39, 0.29) is 59.5 Å². The van der Waals surface area contributed by atoms with Crippen LogP contribution in [0.3, 0.4) is 0 Å². The van der Waals surface area contributed by atoms with Crippen LogP contribution in [0.15, 0.2) is 91.1 Å². The van der Waals surface area contributed by atoms with Gasteiger partial charge in [-0.3, -0.25) is 48.2 Å². The number of hydrogen-bond acceptors (Lipinski definition) is 22. The van der Waals surface area contributed by atoms with Gasteiger partial charge >= 0.3 is 18.0 Å². The number of thiazole rings is 1. The van der Waals surface area contributed by atoms with E-state index in [9.17, 15) is 81.7 Å². The Bertz CT molecular complexity index is 4610. The fourth-order valence-corrected chi connectivity index (χ4v) is 18.7. The molecule has 7 amide bonds. The first-order valence-corrected chi connectivity index (χ1v) is 37.8. The van der Waals surface area contributed by atoms with Gasteiger partial charge in [-0.15, -0.1) is 0 Å². The van der Waals surface area contributed by atoms with Gasteiger partial charge in [-0.1, -0.05) is 69.4 Å². The number of hydrogen-bond donors (Lipinski definition) is 10. The zero-order chi connectivity index (χ0) is 76.8. The quantitative estimate of drug-likeness (QED) is 0.0217. The van der Waals surface area contributed by atoms with Crippen molar-refractivity contribution in [3.8, 4) is 11.1 Å². The third kappa shape index (κ3) is 17.1. The van der Waals surface area contributed by atoms with E-state index in [1.54, 1.807) is 38.2 Å². The van der Waals surface area contributed by atoms with Crippen LogP contribution in [0.5, 0.6) is 0 Å². The van der Waals surface area contributed by atoms with Crippen LogP contribution in [0, 0.1) is 29.1 Å². The Hall–Kier alpha value is -9.61. The summed E-state index contributed by atoms with van der Waals surface area (Å²) in [6.07, 6.45) is -1.34. The van der Waals surface area contributed by atoms with Crippen molar-refractivity contribution in [3.05, 3.63) is 130 Å². The Kier molecular flexibility index (Phi) is 22.0. The van der Waals surface area contributed by atoms with Gasteiger partial charge in [0.2, 0.25) is 17.7 Å². The van der Waals surface area contributed by atoms with E-state index in [2.05, 4.69) is 40.1 Å². The van der Waals surface area contributed by atoms with E-state index in [1.165, 1.54) is 36.5 Å². The number of carbonyl (C=O) groups excluding carboxylic acids is 7. The van der Waals surface area contributed by atoms with Crippen LogP contribution in [0.4, 0.5) is 21.4 Å². The minimum atomic E-state index is -4.63. The van der Waals surface area contributed by atoms with Gasteiger partial charge < -0.3 is 65.5 Å². The first-order valence-electron chi connectivity index (χ1n) is 35.4. The molecule has 3 aromatic carbocycles. The van der Waals surface area contributed by atoms with Crippen molar-refractivity contribution < 1.29 is 95.9 Å². The van der Waals surface area contributed by atoms with Crippen molar-refractivity contribution >= 4 is 102 Å². The molecule has 6 heterocycles. The fourth-order valence-electron chi connectivity index (χ4n) is 17.4. The molecule has 4 saturated carbocycles. The average Bonchev–Trinajstić information content (AvgIpc) is 0.845. The van der Waals surface area contributed by atoms with Gasteiger partial charge in [0.15, 0.2) is 16.9 Å². The number of aryl methyl sites for hydroxylation is 1. The maximum Gasteiger partial charge on any atom is 0.410 e. The van der Waals surface area contributed by atoms with Crippen LogP contribution in [0.25, 0.3) is 21.3 Å². The molecular formula is C74H87N11O20S2. The van der Waals surface area contributed by atoms with Crippen molar-refractivity contribution in [1.29, 1.82) is 0 Å². The Morgan fingerprint density at radius 1 is 0.804 bits per heavy atom. The molecule has 9 atom stereocenters. The van der Waals surface area contributed by atoms with Gasteiger partial charge in [-0.2, -0.15) is 13.5 Å². The van der Waals surface area contributed by atoms with Crippen molar-refractivity contribution in [2.75, 3.05) is 54.1 Å². The molecule has 570 valence electrons. The number of rotatable bonds is 28. The van der Waals surface area contributed by atoms with E-state index in [0.29, 0.717) is 89.0 Å². The highest BCUT2D eigenvalue weighted by molar-refractivity contribution is 7.85. The van der Waals surface area contributed by atoms with Gasteiger partial charge in [-0.05, 0) is 159 Å². The largest absolute Gasteiger partial charge is 0.479 e. The maximum absolute atomic E-state index is 14.3. The summed E-state index contributed by atoms with van der Waals surface area (Å²) in [5.74, 6) is -7.78. The van der Waals surface area contributed by atoms with Crippen LogP contribution in [0.2, 0.25) is 0 Å². The molecule has 5 fully saturated rings. The first-order chi connectivity index (χ1) is 50.6. The number of aromatic nitrogens is 4. The van der Waals surface area contributed by atoms with Crippen molar-refractivity contribution in [2.45, 2.75) is 167 Å². The summed E-state index contributed by atoms with van der Waals surface area (Å²) in [4.78, 5) is 131. The Labute approximate surface area is 619 Å². The molecule has 107 heavy (non-hydrogen) atoms. The zero-order valence-corrected chi connectivity index (χ0v) is 61.5. The molecule has 3 aromatic heterocycles. The number of nitrogens with one attached hydrogen (secondary N) is 4. The highest BCUT2D eigenvalue weighted by atomic mass is 32.2. The number of nitrogens with zero attached hydrogens (tertiary/aromatic N) is 7. The maximum atomic E-state index is 14.3. The molecule has 7 aliphatic rings. The lowest BCUT2D eigenvalue weighted by Gasteiger charge is -2.69. The highest BCUT2D eigenvalue weighted by Crippen LogP contribution is 2.72. The number of carboxylic acid groups (broad SMARTS) is 2. The Morgan fingerprint density at radius 2 is 1.53 bits per heavy atom. The molecule has 0 radical (unpaired) electrons. The molecule has 4 aliphatic carbocycles. The van der Waals surface area contributed by atoms with Crippen molar-refractivity contribution in [3.63, 3.8) is 0 Å². The summed E-state index contributed by atoms with van der Waals surface area (Å²) in [7, 11) is -4.63. The number of aliphatic hydroxyl groups excluding tert-OH is 3. The van der Waals surface area contributed by atoms with Gasteiger partial charge in [-0.25, -0.2) is 24.4 Å². The third-order valence-corrected chi connectivity index (χ3v) is 23.0. The zero-order valence-electron chi connectivity index (χ0n) is 59.9. The predicted molar refractivity (Wildman–Crippen MR) is 387 cm³/mol. The monoisotopic (exact) mass is 1510 g/mol. The van der Waals surface area contributed by atoms with E-state index < -0.39 is 137 Å². The number of carboxylic acids is 2. The summed E-state index contributed by atoms with van der Waals surface area (Å²) in [6.45, 7) is 10.4. The van der Waals surface area contributed by atoms with Gasteiger partial charge in [0.1, 0.15) is 49.4 Å². The summed E-state index contributed by atoms with van der Waals surface area (Å²) in [5.41, 5.74) is 3.98. The van der Waals surface area contributed by atoms with Crippen molar-refractivity contribution in [1.82, 2.24) is 40.2 Å². The number of amides is 7. The Balaban J connectivity index is 0.716. The molecule has 10 N–H and O–H groups in total. The van der Waals surface area contributed by atoms with Crippen molar-refractivity contribution in [2.24, 2.45) is 22.2 Å². The SMILES string of the molecule is Cc1c(-c2ccc(N3CCc4cccc(C(=O)Nc5nc6ccccc6s5)c4C3)nc2C(=O)O)cnn1CC12CC3(C)CC(C)(C1)CC(OCCN(CCS(=O)(=O)O)C(=O)OCc1ccc(NC(=O)[C@H](C)NC(=O)[C@@H](NC(=O)CN4C(=O)C=CC4=O)C(C)C)cc1CC[C@@H]1O[C@H](C(=O)O)[C@@H](O)[C@H](O)[C@H]1O)(C3)C2. The molecule has 1 saturated heterocycles. The molecule has 4 bridgehead atoms. The molecule has 2 unspecified atom stereocenters. The summed E-state index contributed by atoms with van der Waals surface area (Å²) in [6, 6.07) is 18.8. The lowest BCUT2D eigenvalue weighted by molar-refractivity contribution is -0.248. The number of aliphatic carboxylic acids is 1. The van der Waals surface area contributed by atoms with Crippen LogP contribution in [-0.4, -0.2) is 208 Å². The summed E-state index contributed by atoms with van der Waals surface area (Å²) in [5, 5.41) is 68.7. The standard InChI is InChI=1S/C74H87N11O20S2/c1-40(2)58(80-55(86)31-84-56(87)20-21-57(84)88)66(94)76-41(3)64(92)77-46-16-14-45(44(28-46)15-18-52-60(89)61(90)62(91)63(105-52)68(97)98)32-103-70(99)82(25-27-107(100,101)102)24-26-104-74-36-71(5)33-72(6,37-74)35-73(34-71,38-74)39-85-42(4)49(29-75-85)47-17-19-54(79-59(47)67(95)96)83-23-22-43-10-9-11-48(50(43)30-83)65(93)81-69-78-51-12-7-8-13-53(51)106-69/h7-14,16-17,19-21,28-29,40-41,52,58,60-63,89-91H,15,18,22-27,30-39H2,1-6H3,(H,76,94)(H,77,92)(H,80,86)(H,95,96)(H,97,98)(H,78,81,93)(H,100,101,102)/t41-,52-,58-,60-,61+,62-,63-,71?,72?,73?,74?/m0/s1. The Morgan fingerprint density at radius 3 is 2.22 bits per heavy atom. The molecule has 0 spiro atoms. The van der Waals surface area contributed by atoms with Crippen LogP contribution in [-0.2, 0) is 85.6 Å². The van der Waals surface area contributed by atoms with E-state index in [4.69, 9.17) is 24.3 Å².